The molecule has 1 N–H and O–H groups in total. The minimum absolute atomic E-state index is 0.0153. The van der Waals surface area contributed by atoms with E-state index in [1.165, 1.54) is 19.5 Å². The van der Waals surface area contributed by atoms with Gasteiger partial charge in [0.05, 0.1) is 22.4 Å². The lowest BCUT2D eigenvalue weighted by molar-refractivity contribution is 0.0598. The molecule has 1 aromatic heterocycles. The molecule has 5 heteroatoms. The molecule has 0 spiro atoms. The predicted octanol–water partition coefficient (Wildman–Crippen LogP) is 1.18. The fourth-order valence-electron chi connectivity index (χ4n) is 0.686. The first kappa shape index (κ1) is 9.24. The third kappa shape index (κ3) is 1.66. The van der Waals surface area contributed by atoms with Gasteiger partial charge in [0, 0.05) is 6.20 Å². The number of rotatable bonds is 1. The minimum atomic E-state index is -0.497. The zero-order chi connectivity index (χ0) is 9.14. The smallest absolute Gasteiger partial charge is 0.340 e. The van der Waals surface area contributed by atoms with Crippen LogP contribution in [0.2, 0.25) is 0 Å². The van der Waals surface area contributed by atoms with Gasteiger partial charge < -0.3 is 9.84 Å². The number of pyridine rings is 1. The minimum Gasteiger partial charge on any atom is -0.505 e. The van der Waals surface area contributed by atoms with Crippen LogP contribution < -0.4 is 0 Å². The number of hydrogen-bond donors (Lipinski definition) is 1. The Hall–Kier alpha value is -0.850. The van der Waals surface area contributed by atoms with Crippen molar-refractivity contribution in [1.82, 2.24) is 4.98 Å². The molecule has 0 fully saturated rings. The molecule has 64 valence electrons. The summed E-state index contributed by atoms with van der Waals surface area (Å²) in [5.74, 6) is -0.513. The average Bonchev–Trinajstić information content (AvgIpc) is 2.08. The van der Waals surface area contributed by atoms with E-state index in [1.54, 1.807) is 0 Å². The van der Waals surface area contributed by atoms with Crippen molar-refractivity contribution >= 4 is 28.6 Å². The molecule has 0 radical (unpaired) electrons. The summed E-state index contributed by atoms with van der Waals surface area (Å²) in [6, 6.07) is 0. The van der Waals surface area contributed by atoms with E-state index in [-0.39, 0.29) is 11.3 Å². The molecule has 4 nitrogen and oxygen atoms in total. The van der Waals surface area contributed by atoms with Crippen LogP contribution in [0, 0.1) is 3.57 Å². The number of aromatic hydroxyl groups is 1. The molecular formula is C7H6INO3. The number of esters is 1. The maximum atomic E-state index is 11.0. The number of carbonyl (C=O) groups excluding carboxylic acids is 1. The first-order chi connectivity index (χ1) is 5.66. The number of nitrogens with zero attached hydrogens (tertiary/aromatic N) is 1. The molecule has 12 heavy (non-hydrogen) atoms. The van der Waals surface area contributed by atoms with Gasteiger partial charge in [-0.15, -0.1) is 0 Å². The zero-order valence-corrected chi connectivity index (χ0v) is 8.40. The van der Waals surface area contributed by atoms with Crippen LogP contribution in [0.25, 0.3) is 0 Å². The van der Waals surface area contributed by atoms with Crippen LogP contribution in [0.3, 0.4) is 0 Å². The van der Waals surface area contributed by atoms with E-state index < -0.39 is 5.97 Å². The number of carbonyl (C=O) groups is 1. The fourth-order valence-corrected chi connectivity index (χ4v) is 1.18. The van der Waals surface area contributed by atoms with Crippen LogP contribution in [0.5, 0.6) is 5.75 Å². The molecule has 0 amide bonds. The molecule has 1 aromatic rings. The van der Waals surface area contributed by atoms with Gasteiger partial charge in [-0.2, -0.15) is 0 Å². The van der Waals surface area contributed by atoms with Crippen molar-refractivity contribution in [2.45, 2.75) is 0 Å². The zero-order valence-electron chi connectivity index (χ0n) is 6.24. The van der Waals surface area contributed by atoms with Crippen molar-refractivity contribution in [2.75, 3.05) is 7.11 Å². The second kappa shape index (κ2) is 3.70. The quantitative estimate of drug-likeness (QED) is 0.619. The molecule has 0 aliphatic carbocycles. The fraction of sp³-hybridized carbons (Fsp3) is 0.143. The molecule has 0 saturated carbocycles. The van der Waals surface area contributed by atoms with Crippen LogP contribution in [0.15, 0.2) is 12.4 Å². The molecule has 1 heterocycles. The summed E-state index contributed by atoms with van der Waals surface area (Å²) in [6.07, 6.45) is 2.63. The van der Waals surface area contributed by atoms with Crippen molar-refractivity contribution in [1.29, 1.82) is 0 Å². The van der Waals surface area contributed by atoms with E-state index in [9.17, 15) is 4.79 Å². The third-order valence-corrected chi connectivity index (χ3v) is 2.40. The maximum absolute atomic E-state index is 11.0. The summed E-state index contributed by atoms with van der Waals surface area (Å²) >= 11 is 1.85. The summed E-state index contributed by atoms with van der Waals surface area (Å²) in [7, 11) is 1.28. The number of hydrogen-bond acceptors (Lipinski definition) is 4. The Morgan fingerprint density at radius 2 is 2.33 bits per heavy atom. The lowest BCUT2D eigenvalue weighted by Crippen LogP contribution is -2.04. The predicted molar refractivity (Wildman–Crippen MR) is 50.0 cm³/mol. The summed E-state index contributed by atoms with van der Waals surface area (Å²) in [5, 5.41) is 9.17. The molecule has 0 bridgehead atoms. The van der Waals surface area contributed by atoms with Gasteiger partial charge in [-0.1, -0.05) is 0 Å². The second-order valence-corrected chi connectivity index (χ2v) is 3.09. The number of ether oxygens (including phenoxy) is 1. The van der Waals surface area contributed by atoms with Crippen LogP contribution >= 0.6 is 22.6 Å². The molecule has 0 aliphatic heterocycles. The van der Waals surface area contributed by atoms with E-state index in [2.05, 4.69) is 9.72 Å². The van der Waals surface area contributed by atoms with Gasteiger partial charge in [-0.25, -0.2) is 4.79 Å². The Kier molecular flexibility index (Phi) is 2.85. The lowest BCUT2D eigenvalue weighted by Gasteiger charge is -2.01. The Morgan fingerprint density at radius 3 is 2.92 bits per heavy atom. The van der Waals surface area contributed by atoms with Crippen molar-refractivity contribution < 1.29 is 14.6 Å². The molecule has 0 aromatic carbocycles. The largest absolute Gasteiger partial charge is 0.505 e. The Labute approximate surface area is 82.7 Å². The topological polar surface area (TPSA) is 59.4 Å². The van der Waals surface area contributed by atoms with E-state index in [1.807, 2.05) is 22.6 Å². The number of halogens is 1. The summed E-state index contributed by atoms with van der Waals surface area (Å²) in [4.78, 5) is 14.7. The second-order valence-electron chi connectivity index (χ2n) is 2.01. The highest BCUT2D eigenvalue weighted by atomic mass is 127. The molecule has 1 rings (SSSR count). The highest BCUT2D eigenvalue weighted by Gasteiger charge is 2.12. The van der Waals surface area contributed by atoms with E-state index in [0.717, 1.165) is 0 Å². The van der Waals surface area contributed by atoms with Gasteiger partial charge in [0.15, 0.2) is 0 Å². The van der Waals surface area contributed by atoms with Gasteiger partial charge in [0.25, 0.3) is 0 Å². The van der Waals surface area contributed by atoms with Crippen molar-refractivity contribution in [3.8, 4) is 5.75 Å². The van der Waals surface area contributed by atoms with Crippen molar-refractivity contribution in [3.05, 3.63) is 21.5 Å². The van der Waals surface area contributed by atoms with Crippen molar-refractivity contribution in [2.24, 2.45) is 0 Å². The van der Waals surface area contributed by atoms with Gasteiger partial charge in [-0.05, 0) is 22.6 Å². The summed E-state index contributed by atoms with van der Waals surface area (Å²) in [6.45, 7) is 0. The first-order valence-electron chi connectivity index (χ1n) is 3.07. The standard InChI is InChI=1S/C7H6INO3/c1-12-7(11)4-2-9-3-5(10)6(4)8/h2-3,10H,1H3. The SMILES string of the molecule is COC(=O)c1cncc(O)c1I. The Morgan fingerprint density at radius 1 is 1.67 bits per heavy atom. The monoisotopic (exact) mass is 279 g/mol. The van der Waals surface area contributed by atoms with Crippen LogP contribution in [0.1, 0.15) is 10.4 Å². The molecular weight excluding hydrogens is 273 g/mol. The van der Waals surface area contributed by atoms with E-state index in [0.29, 0.717) is 3.57 Å². The average molecular weight is 279 g/mol. The highest BCUT2D eigenvalue weighted by Crippen LogP contribution is 2.21. The first-order valence-corrected chi connectivity index (χ1v) is 4.15. The normalized spacial score (nSPS) is 9.50. The lowest BCUT2D eigenvalue weighted by atomic mass is 10.3. The third-order valence-electron chi connectivity index (χ3n) is 1.27. The number of aromatic nitrogens is 1. The van der Waals surface area contributed by atoms with Gasteiger partial charge >= 0.3 is 5.97 Å². The summed E-state index contributed by atoms with van der Waals surface area (Å²) in [5.41, 5.74) is 0.276. The molecule has 0 saturated heterocycles. The van der Waals surface area contributed by atoms with Gasteiger partial charge in [0.1, 0.15) is 5.75 Å². The summed E-state index contributed by atoms with van der Waals surface area (Å²) < 4.78 is 4.93. The molecule has 0 unspecified atom stereocenters. The van der Waals surface area contributed by atoms with Crippen molar-refractivity contribution in [3.63, 3.8) is 0 Å². The van der Waals surface area contributed by atoms with E-state index in [4.69, 9.17) is 5.11 Å². The van der Waals surface area contributed by atoms with Crippen LogP contribution in [-0.2, 0) is 4.74 Å². The molecule has 0 aliphatic rings. The Bertz CT molecular complexity index is 314. The number of methoxy groups -OCH3 is 1. The van der Waals surface area contributed by atoms with Gasteiger partial charge in [0.2, 0.25) is 0 Å². The van der Waals surface area contributed by atoms with Crippen LogP contribution in [-0.4, -0.2) is 23.2 Å². The Balaban J connectivity index is 3.16. The highest BCUT2D eigenvalue weighted by molar-refractivity contribution is 14.1. The maximum Gasteiger partial charge on any atom is 0.340 e. The van der Waals surface area contributed by atoms with Gasteiger partial charge in [-0.3, -0.25) is 4.98 Å². The van der Waals surface area contributed by atoms with Crippen LogP contribution in [0.4, 0.5) is 0 Å². The van der Waals surface area contributed by atoms with E-state index >= 15 is 0 Å². The molecule has 0 atom stereocenters.